The van der Waals surface area contributed by atoms with Gasteiger partial charge in [-0.3, -0.25) is 4.79 Å². The van der Waals surface area contributed by atoms with E-state index in [4.69, 9.17) is 4.84 Å². The Morgan fingerprint density at radius 3 is 2.52 bits per heavy atom. The van der Waals surface area contributed by atoms with Gasteiger partial charge in [-0.05, 0) is 17.5 Å². The number of amides is 1. The second-order valence-electron chi connectivity index (χ2n) is 7.22. The number of carbonyl (C=O) groups is 1. The summed E-state index contributed by atoms with van der Waals surface area (Å²) < 4.78 is 51.7. The molecule has 1 aliphatic heterocycles. The molecule has 1 aromatic rings. The largest absolute Gasteiger partial charge is 0.406 e. The summed E-state index contributed by atoms with van der Waals surface area (Å²) in [5, 5.41) is 3.75. The van der Waals surface area contributed by atoms with Crippen LogP contribution in [-0.2, 0) is 9.63 Å². The molecule has 1 heterocycles. The summed E-state index contributed by atoms with van der Waals surface area (Å²) in [4.78, 5) is 18.3. The minimum atomic E-state index is -4.51. The number of oxime groups is 1. The minimum Gasteiger partial charge on any atom is -0.382 e. The van der Waals surface area contributed by atoms with Crippen LogP contribution in [0.15, 0.2) is 29.4 Å². The standard InChI is InChI=1S/C17H20F4N2O2/c1-16(2,3)9-23(10-17(19,20)21)15(24)14-8-13(22-25-14)11-5-4-6-12(18)7-11/h4-7,14H,8-10H2,1-3H3. The molecular weight excluding hydrogens is 340 g/mol. The predicted molar refractivity (Wildman–Crippen MR) is 84.5 cm³/mol. The third kappa shape index (κ3) is 5.72. The fourth-order valence-corrected chi connectivity index (χ4v) is 2.55. The number of hydrogen-bond acceptors (Lipinski definition) is 3. The maximum Gasteiger partial charge on any atom is 0.406 e. The van der Waals surface area contributed by atoms with E-state index in [1.807, 2.05) is 0 Å². The lowest BCUT2D eigenvalue weighted by Crippen LogP contribution is -2.47. The van der Waals surface area contributed by atoms with Crippen LogP contribution >= 0.6 is 0 Å². The van der Waals surface area contributed by atoms with Crippen molar-refractivity contribution in [1.82, 2.24) is 4.90 Å². The zero-order chi connectivity index (χ0) is 18.8. The van der Waals surface area contributed by atoms with E-state index in [2.05, 4.69) is 5.16 Å². The topological polar surface area (TPSA) is 41.9 Å². The van der Waals surface area contributed by atoms with Gasteiger partial charge in [0.25, 0.3) is 5.91 Å². The van der Waals surface area contributed by atoms with Gasteiger partial charge in [0.15, 0.2) is 0 Å². The smallest absolute Gasteiger partial charge is 0.382 e. The average Bonchev–Trinajstić information content (AvgIpc) is 2.92. The molecule has 0 aromatic heterocycles. The maximum atomic E-state index is 13.3. The molecule has 0 radical (unpaired) electrons. The van der Waals surface area contributed by atoms with E-state index in [1.165, 1.54) is 18.2 Å². The molecule has 0 aliphatic carbocycles. The van der Waals surface area contributed by atoms with Gasteiger partial charge in [0.2, 0.25) is 6.10 Å². The first-order valence-electron chi connectivity index (χ1n) is 7.79. The molecule has 1 atom stereocenters. The molecule has 0 N–H and O–H groups in total. The van der Waals surface area contributed by atoms with Crippen molar-refractivity contribution in [3.8, 4) is 0 Å². The molecule has 0 saturated carbocycles. The molecule has 1 aliphatic rings. The van der Waals surface area contributed by atoms with Crippen LogP contribution in [0.1, 0.15) is 32.8 Å². The van der Waals surface area contributed by atoms with E-state index in [0.717, 1.165) is 4.90 Å². The molecule has 8 heteroatoms. The Morgan fingerprint density at radius 2 is 1.96 bits per heavy atom. The quantitative estimate of drug-likeness (QED) is 0.768. The van der Waals surface area contributed by atoms with Crippen molar-refractivity contribution < 1.29 is 27.2 Å². The third-order valence-corrected chi connectivity index (χ3v) is 3.45. The number of benzene rings is 1. The van der Waals surface area contributed by atoms with Crippen LogP contribution in [0.5, 0.6) is 0 Å². The van der Waals surface area contributed by atoms with Crippen LogP contribution in [0.3, 0.4) is 0 Å². The Kier molecular flexibility index (Phi) is 5.39. The van der Waals surface area contributed by atoms with Crippen molar-refractivity contribution in [3.63, 3.8) is 0 Å². The summed E-state index contributed by atoms with van der Waals surface area (Å²) in [7, 11) is 0. The van der Waals surface area contributed by atoms with Crippen LogP contribution in [0.4, 0.5) is 17.6 Å². The number of alkyl halides is 3. The van der Waals surface area contributed by atoms with E-state index in [9.17, 15) is 22.4 Å². The highest BCUT2D eigenvalue weighted by molar-refractivity contribution is 6.04. The summed E-state index contributed by atoms with van der Waals surface area (Å²) in [6.07, 6.45) is -5.64. The van der Waals surface area contributed by atoms with Crippen molar-refractivity contribution in [1.29, 1.82) is 0 Å². The van der Waals surface area contributed by atoms with E-state index < -0.39 is 36.0 Å². The van der Waals surface area contributed by atoms with Gasteiger partial charge in [-0.1, -0.05) is 38.1 Å². The normalized spacial score (nSPS) is 17.9. The number of halogens is 4. The second-order valence-corrected chi connectivity index (χ2v) is 7.22. The molecule has 1 aromatic carbocycles. The predicted octanol–water partition coefficient (Wildman–Crippen LogP) is 3.76. The molecule has 138 valence electrons. The fraction of sp³-hybridized carbons (Fsp3) is 0.529. The molecule has 0 bridgehead atoms. The van der Waals surface area contributed by atoms with Crippen LogP contribution in [0.2, 0.25) is 0 Å². The lowest BCUT2D eigenvalue weighted by Gasteiger charge is -2.31. The van der Waals surface area contributed by atoms with Gasteiger partial charge < -0.3 is 9.74 Å². The van der Waals surface area contributed by atoms with Gasteiger partial charge in [0.05, 0.1) is 5.71 Å². The summed E-state index contributed by atoms with van der Waals surface area (Å²) in [5.74, 6) is -1.25. The lowest BCUT2D eigenvalue weighted by atomic mass is 9.95. The minimum absolute atomic E-state index is 0.000780. The number of nitrogens with zero attached hydrogens (tertiary/aromatic N) is 2. The Morgan fingerprint density at radius 1 is 1.28 bits per heavy atom. The molecule has 4 nitrogen and oxygen atoms in total. The van der Waals surface area contributed by atoms with Gasteiger partial charge in [-0.2, -0.15) is 13.2 Å². The first-order valence-corrected chi connectivity index (χ1v) is 7.79. The summed E-state index contributed by atoms with van der Waals surface area (Å²) >= 11 is 0. The van der Waals surface area contributed by atoms with Gasteiger partial charge in [0.1, 0.15) is 12.4 Å². The van der Waals surface area contributed by atoms with E-state index in [-0.39, 0.29) is 13.0 Å². The molecular formula is C17H20F4N2O2. The molecule has 2 rings (SSSR count). The van der Waals surface area contributed by atoms with Crippen LogP contribution in [-0.4, -0.2) is 41.9 Å². The van der Waals surface area contributed by atoms with Gasteiger partial charge >= 0.3 is 6.18 Å². The Balaban J connectivity index is 2.10. The zero-order valence-corrected chi connectivity index (χ0v) is 14.2. The molecule has 0 saturated heterocycles. The van der Waals surface area contributed by atoms with Crippen LogP contribution in [0.25, 0.3) is 0 Å². The highest BCUT2D eigenvalue weighted by atomic mass is 19.4. The molecule has 25 heavy (non-hydrogen) atoms. The average molecular weight is 360 g/mol. The van der Waals surface area contributed by atoms with Crippen molar-refractivity contribution in [2.45, 2.75) is 39.5 Å². The summed E-state index contributed by atoms with van der Waals surface area (Å²) in [5.41, 5.74) is 0.264. The molecule has 0 fully saturated rings. The number of rotatable bonds is 4. The molecule has 1 amide bonds. The molecule has 0 spiro atoms. The van der Waals surface area contributed by atoms with Crippen LogP contribution < -0.4 is 0 Å². The monoisotopic (exact) mass is 360 g/mol. The summed E-state index contributed by atoms with van der Waals surface area (Å²) in [6, 6.07) is 5.58. The first kappa shape index (κ1) is 19.2. The first-order chi connectivity index (χ1) is 11.4. The van der Waals surface area contributed by atoms with E-state index in [0.29, 0.717) is 11.3 Å². The van der Waals surface area contributed by atoms with E-state index >= 15 is 0 Å². The fourth-order valence-electron chi connectivity index (χ4n) is 2.55. The highest BCUT2D eigenvalue weighted by Crippen LogP contribution is 2.25. The number of carbonyl (C=O) groups excluding carboxylic acids is 1. The Bertz CT molecular complexity index is 649. The van der Waals surface area contributed by atoms with Crippen molar-refractivity contribution in [2.24, 2.45) is 10.6 Å². The van der Waals surface area contributed by atoms with Crippen LogP contribution in [0, 0.1) is 11.2 Å². The van der Waals surface area contributed by atoms with Crippen molar-refractivity contribution >= 4 is 11.6 Å². The van der Waals surface area contributed by atoms with Crippen molar-refractivity contribution in [2.75, 3.05) is 13.1 Å². The Labute approximate surface area is 143 Å². The van der Waals surface area contributed by atoms with Gasteiger partial charge in [-0.15, -0.1) is 0 Å². The van der Waals surface area contributed by atoms with E-state index in [1.54, 1.807) is 26.8 Å². The third-order valence-electron chi connectivity index (χ3n) is 3.45. The Hall–Kier alpha value is -2.12. The SMILES string of the molecule is CC(C)(C)CN(CC(F)(F)F)C(=O)C1CC(c2cccc(F)c2)=NO1. The van der Waals surface area contributed by atoms with Crippen molar-refractivity contribution in [3.05, 3.63) is 35.6 Å². The van der Waals surface area contributed by atoms with Gasteiger partial charge in [0, 0.05) is 18.5 Å². The maximum absolute atomic E-state index is 13.3. The highest BCUT2D eigenvalue weighted by Gasteiger charge is 2.39. The summed E-state index contributed by atoms with van der Waals surface area (Å²) in [6.45, 7) is 3.81. The second kappa shape index (κ2) is 7.01. The molecule has 1 unspecified atom stereocenters. The van der Waals surface area contributed by atoms with Gasteiger partial charge in [-0.25, -0.2) is 4.39 Å². The zero-order valence-electron chi connectivity index (χ0n) is 14.2. The lowest BCUT2D eigenvalue weighted by molar-refractivity contribution is -0.169. The number of hydrogen-bond donors (Lipinski definition) is 0.